The van der Waals surface area contributed by atoms with Crippen molar-refractivity contribution in [1.29, 1.82) is 0 Å². The largest absolute Gasteiger partial charge is 0.394 e. The predicted octanol–water partition coefficient (Wildman–Crippen LogP) is 2.23. The SMILES string of the molecule is CC1(CO)CSC(Nc2ccc(F)cc2F)=N1. The molecule has 2 rings (SSSR count). The zero-order chi connectivity index (χ0) is 12.5. The fourth-order valence-corrected chi connectivity index (χ4v) is 2.46. The van der Waals surface area contributed by atoms with E-state index < -0.39 is 17.2 Å². The third-order valence-electron chi connectivity index (χ3n) is 2.40. The zero-order valence-corrected chi connectivity index (χ0v) is 10.0. The Morgan fingerprint density at radius 3 is 2.88 bits per heavy atom. The van der Waals surface area contributed by atoms with Crippen molar-refractivity contribution in [2.24, 2.45) is 4.99 Å². The van der Waals surface area contributed by atoms with E-state index in [4.69, 9.17) is 5.11 Å². The molecule has 0 bridgehead atoms. The van der Waals surface area contributed by atoms with Gasteiger partial charge in [-0.3, -0.25) is 4.99 Å². The molecule has 0 radical (unpaired) electrons. The number of aliphatic hydroxyl groups is 1. The number of amidine groups is 1. The second-order valence-corrected chi connectivity index (χ2v) is 5.07. The van der Waals surface area contributed by atoms with Crippen molar-refractivity contribution in [2.45, 2.75) is 12.5 Å². The molecule has 3 nitrogen and oxygen atoms in total. The topological polar surface area (TPSA) is 44.6 Å². The summed E-state index contributed by atoms with van der Waals surface area (Å²) in [6.07, 6.45) is 0. The quantitative estimate of drug-likeness (QED) is 0.855. The fourth-order valence-electron chi connectivity index (χ4n) is 1.38. The third-order valence-corrected chi connectivity index (χ3v) is 3.64. The van der Waals surface area contributed by atoms with Crippen molar-refractivity contribution in [3.05, 3.63) is 29.8 Å². The first kappa shape index (κ1) is 12.3. The van der Waals surface area contributed by atoms with E-state index in [1.54, 1.807) is 0 Å². The molecular weight excluding hydrogens is 246 g/mol. The number of hydrogen-bond acceptors (Lipinski definition) is 4. The van der Waals surface area contributed by atoms with Crippen molar-refractivity contribution in [1.82, 2.24) is 0 Å². The summed E-state index contributed by atoms with van der Waals surface area (Å²) in [5.74, 6) is -0.644. The maximum Gasteiger partial charge on any atom is 0.161 e. The summed E-state index contributed by atoms with van der Waals surface area (Å²) >= 11 is 1.40. The number of thioether (sulfide) groups is 1. The number of aliphatic hydroxyl groups excluding tert-OH is 1. The molecule has 6 heteroatoms. The highest BCUT2D eigenvalue weighted by molar-refractivity contribution is 8.14. The minimum atomic E-state index is -0.661. The van der Waals surface area contributed by atoms with Crippen LogP contribution in [0, 0.1) is 11.6 Å². The lowest BCUT2D eigenvalue weighted by Gasteiger charge is -2.14. The maximum absolute atomic E-state index is 13.4. The zero-order valence-electron chi connectivity index (χ0n) is 9.20. The van der Waals surface area contributed by atoms with Gasteiger partial charge in [0, 0.05) is 11.8 Å². The Bertz CT molecular complexity index is 467. The molecule has 2 N–H and O–H groups in total. The van der Waals surface area contributed by atoms with Crippen LogP contribution >= 0.6 is 11.8 Å². The van der Waals surface area contributed by atoms with E-state index in [0.717, 1.165) is 6.07 Å². The molecule has 0 saturated carbocycles. The van der Waals surface area contributed by atoms with E-state index in [-0.39, 0.29) is 12.3 Å². The highest BCUT2D eigenvalue weighted by Crippen LogP contribution is 2.28. The van der Waals surface area contributed by atoms with Crippen LogP contribution in [0.3, 0.4) is 0 Å². The molecule has 17 heavy (non-hydrogen) atoms. The molecule has 0 amide bonds. The molecule has 1 unspecified atom stereocenters. The van der Waals surface area contributed by atoms with Gasteiger partial charge in [-0.25, -0.2) is 8.78 Å². The molecule has 92 valence electrons. The molecular formula is C11H12F2N2OS. The molecule has 0 saturated heterocycles. The normalized spacial score (nSPS) is 23.6. The van der Waals surface area contributed by atoms with Crippen LogP contribution in [0.2, 0.25) is 0 Å². The average molecular weight is 258 g/mol. The lowest BCUT2D eigenvalue weighted by Crippen LogP contribution is -2.26. The van der Waals surface area contributed by atoms with E-state index in [1.165, 1.54) is 23.9 Å². The molecule has 0 aromatic heterocycles. The van der Waals surface area contributed by atoms with E-state index in [1.807, 2.05) is 6.92 Å². The third kappa shape index (κ3) is 2.76. The molecule has 1 aliphatic rings. The molecule has 1 heterocycles. The first-order valence-corrected chi connectivity index (χ1v) is 6.06. The van der Waals surface area contributed by atoms with Crippen molar-refractivity contribution >= 4 is 22.6 Å². The summed E-state index contributed by atoms with van der Waals surface area (Å²) < 4.78 is 26.1. The smallest absolute Gasteiger partial charge is 0.161 e. The number of aliphatic imine (C=N–C) groups is 1. The number of nitrogens with one attached hydrogen (secondary N) is 1. The van der Waals surface area contributed by atoms with E-state index >= 15 is 0 Å². The Labute approximate surface area is 102 Å². The Balaban J connectivity index is 2.15. The number of anilines is 1. The molecule has 1 atom stereocenters. The van der Waals surface area contributed by atoms with Gasteiger partial charge >= 0.3 is 0 Å². The van der Waals surface area contributed by atoms with Gasteiger partial charge in [0.1, 0.15) is 11.6 Å². The van der Waals surface area contributed by atoms with E-state index in [2.05, 4.69) is 10.3 Å². The summed E-state index contributed by atoms with van der Waals surface area (Å²) in [5, 5.41) is 12.4. The molecule has 0 aliphatic carbocycles. The summed E-state index contributed by atoms with van der Waals surface area (Å²) in [6, 6.07) is 3.31. The Hall–Kier alpha value is -1.14. The predicted molar refractivity (Wildman–Crippen MR) is 65.4 cm³/mol. The summed E-state index contributed by atoms with van der Waals surface area (Å²) in [7, 11) is 0. The van der Waals surface area contributed by atoms with Crippen molar-refractivity contribution < 1.29 is 13.9 Å². The fraction of sp³-hybridized carbons (Fsp3) is 0.364. The highest BCUT2D eigenvalue weighted by Gasteiger charge is 2.30. The number of rotatable bonds is 2. The van der Waals surface area contributed by atoms with Crippen molar-refractivity contribution in [3.63, 3.8) is 0 Å². The van der Waals surface area contributed by atoms with Gasteiger partial charge in [-0.05, 0) is 19.1 Å². The van der Waals surface area contributed by atoms with Gasteiger partial charge in [0.05, 0.1) is 17.8 Å². The highest BCUT2D eigenvalue weighted by atomic mass is 32.2. The van der Waals surface area contributed by atoms with Crippen LogP contribution in [0.1, 0.15) is 6.92 Å². The average Bonchev–Trinajstić information content (AvgIpc) is 2.66. The monoisotopic (exact) mass is 258 g/mol. The van der Waals surface area contributed by atoms with E-state index in [0.29, 0.717) is 10.9 Å². The number of nitrogens with zero attached hydrogens (tertiary/aromatic N) is 1. The molecule has 1 aromatic rings. The van der Waals surface area contributed by atoms with Gasteiger partial charge in [0.15, 0.2) is 5.17 Å². The lowest BCUT2D eigenvalue weighted by atomic mass is 10.1. The standard InChI is InChI=1S/C11H12F2N2OS/c1-11(5-16)6-17-10(15-11)14-9-3-2-7(12)4-8(9)13/h2-4,16H,5-6H2,1H3,(H,14,15). The van der Waals surface area contributed by atoms with Gasteiger partial charge in [-0.15, -0.1) is 0 Å². The summed E-state index contributed by atoms with van der Waals surface area (Å²) in [4.78, 5) is 4.26. The first-order chi connectivity index (χ1) is 8.02. The van der Waals surface area contributed by atoms with Gasteiger partial charge in [0.25, 0.3) is 0 Å². The van der Waals surface area contributed by atoms with Gasteiger partial charge < -0.3 is 10.4 Å². The Kier molecular flexibility index (Phi) is 3.35. The molecule has 0 fully saturated rings. The first-order valence-electron chi connectivity index (χ1n) is 5.08. The Morgan fingerprint density at radius 2 is 2.29 bits per heavy atom. The number of hydrogen-bond donors (Lipinski definition) is 2. The Morgan fingerprint density at radius 1 is 1.53 bits per heavy atom. The summed E-state index contributed by atoms with van der Waals surface area (Å²) in [6.45, 7) is 1.76. The van der Waals surface area contributed by atoms with Crippen LogP contribution in [0.5, 0.6) is 0 Å². The van der Waals surface area contributed by atoms with Crippen LogP contribution < -0.4 is 5.32 Å². The second-order valence-electron chi connectivity index (χ2n) is 4.11. The van der Waals surface area contributed by atoms with Crippen LogP contribution in [0.25, 0.3) is 0 Å². The van der Waals surface area contributed by atoms with Gasteiger partial charge in [0.2, 0.25) is 0 Å². The molecule has 0 spiro atoms. The van der Waals surface area contributed by atoms with Crippen molar-refractivity contribution in [2.75, 3.05) is 17.7 Å². The summed E-state index contributed by atoms with van der Waals surface area (Å²) in [5.41, 5.74) is -0.344. The van der Waals surface area contributed by atoms with Crippen LogP contribution in [-0.2, 0) is 0 Å². The van der Waals surface area contributed by atoms with Crippen LogP contribution in [0.15, 0.2) is 23.2 Å². The number of halogens is 2. The number of benzene rings is 1. The maximum atomic E-state index is 13.4. The van der Waals surface area contributed by atoms with E-state index in [9.17, 15) is 8.78 Å². The van der Waals surface area contributed by atoms with Crippen molar-refractivity contribution in [3.8, 4) is 0 Å². The van der Waals surface area contributed by atoms with Gasteiger partial charge in [-0.1, -0.05) is 11.8 Å². The minimum absolute atomic E-state index is 0.0585. The van der Waals surface area contributed by atoms with Crippen LogP contribution in [0.4, 0.5) is 14.5 Å². The van der Waals surface area contributed by atoms with Crippen LogP contribution in [-0.4, -0.2) is 28.2 Å². The second kappa shape index (κ2) is 4.62. The lowest BCUT2D eigenvalue weighted by molar-refractivity contribution is 0.227. The minimum Gasteiger partial charge on any atom is -0.394 e. The van der Waals surface area contributed by atoms with Gasteiger partial charge in [-0.2, -0.15) is 0 Å². The molecule has 1 aromatic carbocycles. The molecule has 1 aliphatic heterocycles.